The van der Waals surface area contributed by atoms with E-state index in [4.69, 9.17) is 0 Å². The van der Waals surface area contributed by atoms with E-state index >= 15 is 0 Å². The van der Waals surface area contributed by atoms with Crippen LogP contribution in [0.25, 0.3) is 0 Å². The summed E-state index contributed by atoms with van der Waals surface area (Å²) >= 11 is 0. The summed E-state index contributed by atoms with van der Waals surface area (Å²) in [6.07, 6.45) is 1.38. The zero-order valence-electron chi connectivity index (χ0n) is 12.0. The monoisotopic (exact) mass is 299 g/mol. The molecule has 0 saturated heterocycles. The fourth-order valence-corrected chi connectivity index (χ4v) is 2.66. The molecule has 1 aromatic heterocycles. The number of non-ortho nitro benzene ring substituents is 1. The Kier molecular flexibility index (Phi) is 3.21. The molecule has 0 radical (unpaired) electrons. The molecule has 0 spiro atoms. The first-order valence-corrected chi connectivity index (χ1v) is 6.61. The predicted molar refractivity (Wildman–Crippen MR) is 78.3 cm³/mol. The van der Waals surface area contributed by atoms with Crippen molar-refractivity contribution in [1.29, 1.82) is 0 Å². The minimum absolute atomic E-state index is 0.0294. The van der Waals surface area contributed by atoms with Gasteiger partial charge in [-0.3, -0.25) is 14.9 Å². The smallest absolute Gasteiger partial charge is 0.269 e. The number of benzene rings is 1. The lowest BCUT2D eigenvalue weighted by molar-refractivity contribution is -0.384. The Hall–Kier alpha value is -3.03. The van der Waals surface area contributed by atoms with Crippen molar-refractivity contribution in [3.8, 4) is 0 Å². The van der Waals surface area contributed by atoms with Crippen molar-refractivity contribution < 1.29 is 9.72 Å². The van der Waals surface area contributed by atoms with E-state index in [1.54, 1.807) is 23.7 Å². The van der Waals surface area contributed by atoms with Gasteiger partial charge < -0.3 is 5.32 Å². The molecule has 3 rings (SSSR count). The van der Waals surface area contributed by atoms with E-state index in [0.29, 0.717) is 22.8 Å². The van der Waals surface area contributed by atoms with Crippen molar-refractivity contribution in [1.82, 2.24) is 14.8 Å². The lowest BCUT2D eigenvalue weighted by Gasteiger charge is -2.27. The van der Waals surface area contributed by atoms with Gasteiger partial charge in [-0.25, -0.2) is 4.68 Å². The molecule has 112 valence electrons. The first-order chi connectivity index (χ1) is 10.5. The highest BCUT2D eigenvalue weighted by molar-refractivity contribution is 5.96. The third-order valence-corrected chi connectivity index (χ3v) is 3.57. The summed E-state index contributed by atoms with van der Waals surface area (Å²) in [6.45, 7) is 3.24. The Balaban J connectivity index is 2.20. The van der Waals surface area contributed by atoms with Crippen LogP contribution in [0.15, 0.2) is 41.9 Å². The second-order valence-corrected chi connectivity index (χ2v) is 5.00. The first-order valence-electron chi connectivity index (χ1n) is 6.61. The van der Waals surface area contributed by atoms with Crippen molar-refractivity contribution in [2.24, 2.45) is 0 Å². The van der Waals surface area contributed by atoms with Gasteiger partial charge in [0.1, 0.15) is 12.4 Å². The Morgan fingerprint density at radius 3 is 2.91 bits per heavy atom. The number of hydrogen-bond donors (Lipinski definition) is 1. The Labute approximate surface area is 125 Å². The van der Waals surface area contributed by atoms with Crippen molar-refractivity contribution >= 4 is 17.4 Å². The van der Waals surface area contributed by atoms with Crippen LogP contribution >= 0.6 is 0 Å². The second-order valence-electron chi connectivity index (χ2n) is 5.00. The fraction of sp³-hybridized carbons (Fsp3) is 0.214. The number of nitro groups is 1. The Morgan fingerprint density at radius 2 is 2.23 bits per heavy atom. The van der Waals surface area contributed by atoms with Gasteiger partial charge in [0.05, 0.1) is 4.92 Å². The second kappa shape index (κ2) is 5.06. The molecule has 1 aliphatic rings. The van der Waals surface area contributed by atoms with E-state index in [0.717, 1.165) is 0 Å². The van der Waals surface area contributed by atoms with Gasteiger partial charge in [0.25, 0.3) is 5.69 Å². The third kappa shape index (κ3) is 2.14. The molecular weight excluding hydrogens is 286 g/mol. The number of fused-ring (bicyclic) bond motifs is 1. The van der Waals surface area contributed by atoms with Crippen LogP contribution in [0.2, 0.25) is 0 Å². The number of anilines is 1. The quantitative estimate of drug-likeness (QED) is 0.687. The summed E-state index contributed by atoms with van der Waals surface area (Å²) in [5.41, 5.74) is 1.77. The Morgan fingerprint density at radius 1 is 1.45 bits per heavy atom. The van der Waals surface area contributed by atoms with Crippen molar-refractivity contribution in [2.75, 3.05) is 5.32 Å². The summed E-state index contributed by atoms with van der Waals surface area (Å²) < 4.78 is 1.56. The molecule has 0 saturated carbocycles. The molecule has 1 atom stereocenters. The van der Waals surface area contributed by atoms with Crippen LogP contribution in [0.5, 0.6) is 0 Å². The summed E-state index contributed by atoms with van der Waals surface area (Å²) in [5.74, 6) is 0.377. The molecule has 1 aliphatic heterocycles. The molecule has 8 heteroatoms. The topological polar surface area (TPSA) is 103 Å². The predicted octanol–water partition coefficient (Wildman–Crippen LogP) is 2.06. The van der Waals surface area contributed by atoms with Gasteiger partial charge in [-0.05, 0) is 19.4 Å². The van der Waals surface area contributed by atoms with Crippen molar-refractivity contribution in [3.63, 3.8) is 0 Å². The van der Waals surface area contributed by atoms with Gasteiger partial charge in [-0.15, -0.1) is 0 Å². The third-order valence-electron chi connectivity index (χ3n) is 3.57. The zero-order chi connectivity index (χ0) is 15.9. The lowest BCUT2D eigenvalue weighted by Crippen LogP contribution is -2.27. The molecule has 0 amide bonds. The number of carbonyl (C=O) groups is 1. The minimum atomic E-state index is -0.531. The van der Waals surface area contributed by atoms with Gasteiger partial charge in [0.2, 0.25) is 5.95 Å². The number of nitrogens with one attached hydrogen (secondary N) is 1. The SMILES string of the molecule is CC(=O)C1=C(C)Nc2ncnn2C1c1cccc([N+](=O)[O-])c1. The highest BCUT2D eigenvalue weighted by Crippen LogP contribution is 2.35. The lowest BCUT2D eigenvalue weighted by atomic mass is 9.93. The summed E-state index contributed by atoms with van der Waals surface area (Å²) in [6, 6.07) is 5.68. The van der Waals surface area contributed by atoms with Gasteiger partial charge in [-0.2, -0.15) is 10.1 Å². The van der Waals surface area contributed by atoms with E-state index in [-0.39, 0.29) is 11.5 Å². The maximum absolute atomic E-state index is 12.1. The summed E-state index contributed by atoms with van der Waals surface area (Å²) in [5, 5.41) is 18.2. The molecule has 8 nitrogen and oxygen atoms in total. The molecule has 1 N–H and O–H groups in total. The summed E-state index contributed by atoms with van der Waals surface area (Å²) in [4.78, 5) is 26.7. The van der Waals surface area contributed by atoms with Crippen LogP contribution in [-0.4, -0.2) is 25.5 Å². The van der Waals surface area contributed by atoms with Crippen LogP contribution < -0.4 is 5.32 Å². The molecule has 1 unspecified atom stereocenters. The van der Waals surface area contributed by atoms with Crippen LogP contribution in [-0.2, 0) is 4.79 Å². The van der Waals surface area contributed by atoms with Crippen LogP contribution in [0.4, 0.5) is 11.6 Å². The highest BCUT2D eigenvalue weighted by atomic mass is 16.6. The van der Waals surface area contributed by atoms with Crippen LogP contribution in [0.1, 0.15) is 25.5 Å². The van der Waals surface area contributed by atoms with E-state index in [1.165, 1.54) is 25.4 Å². The van der Waals surface area contributed by atoms with Crippen LogP contribution in [0.3, 0.4) is 0 Å². The number of aromatic nitrogens is 3. The number of allylic oxidation sites excluding steroid dienone is 2. The van der Waals surface area contributed by atoms with Crippen molar-refractivity contribution in [2.45, 2.75) is 19.9 Å². The largest absolute Gasteiger partial charge is 0.328 e. The molecule has 22 heavy (non-hydrogen) atoms. The number of ketones is 1. The van der Waals surface area contributed by atoms with E-state index in [9.17, 15) is 14.9 Å². The number of nitro benzene ring substituents is 1. The number of rotatable bonds is 3. The Bertz CT molecular complexity index is 808. The van der Waals surface area contributed by atoms with E-state index in [2.05, 4.69) is 15.4 Å². The standard InChI is InChI=1S/C14H13N5O3/c1-8-12(9(2)20)13(18-14(17-8)15-7-16-18)10-4-3-5-11(6-10)19(21)22/h3-7,13H,1-2H3,(H,15,16,17). The number of Topliss-reactive ketones (excluding diaryl/α,β-unsaturated/α-hetero) is 1. The maximum Gasteiger partial charge on any atom is 0.269 e. The van der Waals surface area contributed by atoms with Gasteiger partial charge in [0, 0.05) is 23.4 Å². The molecule has 1 aromatic carbocycles. The molecule has 0 fully saturated rings. The van der Waals surface area contributed by atoms with Crippen LogP contribution in [0, 0.1) is 10.1 Å². The average Bonchev–Trinajstić information content (AvgIpc) is 2.93. The molecule has 2 heterocycles. The minimum Gasteiger partial charge on any atom is -0.328 e. The van der Waals surface area contributed by atoms with Gasteiger partial charge in [0.15, 0.2) is 5.78 Å². The number of nitrogens with zero attached hydrogens (tertiary/aromatic N) is 4. The zero-order valence-corrected chi connectivity index (χ0v) is 12.0. The number of hydrogen-bond acceptors (Lipinski definition) is 6. The molecule has 0 bridgehead atoms. The highest BCUT2D eigenvalue weighted by Gasteiger charge is 2.32. The maximum atomic E-state index is 12.1. The normalized spacial score (nSPS) is 16.9. The van der Waals surface area contributed by atoms with E-state index in [1.807, 2.05) is 0 Å². The molecular formula is C14H13N5O3. The molecule has 2 aromatic rings. The summed E-state index contributed by atoms with van der Waals surface area (Å²) in [7, 11) is 0. The average molecular weight is 299 g/mol. The number of carbonyl (C=O) groups excluding carboxylic acids is 1. The van der Waals surface area contributed by atoms with Crippen molar-refractivity contribution in [3.05, 3.63) is 57.5 Å². The fourth-order valence-electron chi connectivity index (χ4n) is 2.66. The van der Waals surface area contributed by atoms with Gasteiger partial charge >= 0.3 is 0 Å². The van der Waals surface area contributed by atoms with Gasteiger partial charge in [-0.1, -0.05) is 12.1 Å². The van der Waals surface area contributed by atoms with E-state index < -0.39 is 11.0 Å². The first kappa shape index (κ1) is 13.9. The molecule has 0 aliphatic carbocycles.